The maximum Gasteiger partial charge on any atom is 0.266 e. The van der Waals surface area contributed by atoms with Crippen LogP contribution in [0.25, 0.3) is 16.8 Å². The fourth-order valence-electron chi connectivity index (χ4n) is 3.67. The van der Waals surface area contributed by atoms with Crippen molar-refractivity contribution >= 4 is 28.4 Å². The Morgan fingerprint density at radius 2 is 1.73 bits per heavy atom. The number of amides is 1. The minimum absolute atomic E-state index is 0.0112. The van der Waals surface area contributed by atoms with Crippen LogP contribution < -0.4 is 10.1 Å². The second-order valence-corrected chi connectivity index (χ2v) is 7.91. The molecule has 0 fully saturated rings. The van der Waals surface area contributed by atoms with Crippen molar-refractivity contribution in [2.24, 2.45) is 0 Å². The van der Waals surface area contributed by atoms with Crippen LogP contribution in [0.5, 0.6) is 5.75 Å². The topological polar surface area (TPSA) is 62.1 Å². The van der Waals surface area contributed by atoms with Gasteiger partial charge in [0.1, 0.15) is 24.0 Å². The van der Waals surface area contributed by atoms with Crippen LogP contribution in [-0.2, 0) is 11.4 Å². The number of aryl methyl sites for hydroxylation is 2. The molecule has 0 atom stereocenters. The quantitative estimate of drug-likeness (QED) is 0.276. The first-order chi connectivity index (χ1) is 16.0. The maximum absolute atomic E-state index is 12.8. The molecule has 0 saturated heterocycles. The summed E-state index contributed by atoms with van der Waals surface area (Å²) in [6.45, 7) is 4.25. The second-order valence-electron chi connectivity index (χ2n) is 7.91. The number of anilines is 1. The molecule has 4 rings (SSSR count). The number of nitrogens with one attached hydrogen (secondary N) is 1. The highest BCUT2D eigenvalue weighted by Gasteiger charge is 2.13. The largest absolute Gasteiger partial charge is 0.488 e. The number of nitrogens with zero attached hydrogens (tertiary/aromatic N) is 1. The van der Waals surface area contributed by atoms with Crippen molar-refractivity contribution < 1.29 is 9.53 Å². The first kappa shape index (κ1) is 21.9. The van der Waals surface area contributed by atoms with E-state index in [1.54, 1.807) is 6.08 Å². The molecule has 0 aliphatic rings. The molecule has 33 heavy (non-hydrogen) atoms. The van der Waals surface area contributed by atoms with Crippen LogP contribution in [0, 0.1) is 25.2 Å². The van der Waals surface area contributed by atoms with E-state index < -0.39 is 5.91 Å². The van der Waals surface area contributed by atoms with Crippen LogP contribution in [-0.4, -0.2) is 5.91 Å². The predicted molar refractivity (Wildman–Crippen MR) is 133 cm³/mol. The first-order valence-corrected chi connectivity index (χ1v) is 10.7. The third-order valence-electron chi connectivity index (χ3n) is 5.49. The smallest absolute Gasteiger partial charge is 0.266 e. The molecule has 0 spiro atoms. The molecule has 4 aromatic carbocycles. The SMILES string of the molecule is Cc1ccc(C)c(NC(=O)/C(C#N)=C/c2ccccc2OCc2cccc3ccccc23)c1. The van der Waals surface area contributed by atoms with Gasteiger partial charge in [-0.05, 0) is 59.5 Å². The van der Waals surface area contributed by atoms with E-state index in [-0.39, 0.29) is 5.57 Å². The van der Waals surface area contributed by atoms with E-state index in [1.807, 2.05) is 86.6 Å². The van der Waals surface area contributed by atoms with Gasteiger partial charge >= 0.3 is 0 Å². The van der Waals surface area contributed by atoms with Crippen LogP contribution in [0.15, 0.2) is 90.5 Å². The van der Waals surface area contributed by atoms with Crippen molar-refractivity contribution in [3.63, 3.8) is 0 Å². The highest BCUT2D eigenvalue weighted by Crippen LogP contribution is 2.25. The molecule has 0 aromatic heterocycles. The average molecular weight is 433 g/mol. The van der Waals surface area contributed by atoms with Crippen molar-refractivity contribution in [1.29, 1.82) is 5.26 Å². The number of fused-ring (bicyclic) bond motifs is 1. The van der Waals surface area contributed by atoms with Gasteiger partial charge in [-0.2, -0.15) is 5.26 Å². The molecule has 0 saturated carbocycles. The van der Waals surface area contributed by atoms with E-state index in [4.69, 9.17) is 4.74 Å². The van der Waals surface area contributed by atoms with Gasteiger partial charge in [-0.25, -0.2) is 0 Å². The lowest BCUT2D eigenvalue weighted by atomic mass is 10.1. The molecule has 0 radical (unpaired) electrons. The molecular weight excluding hydrogens is 408 g/mol. The van der Waals surface area contributed by atoms with E-state index >= 15 is 0 Å². The zero-order chi connectivity index (χ0) is 23.2. The van der Waals surface area contributed by atoms with Crippen LogP contribution >= 0.6 is 0 Å². The van der Waals surface area contributed by atoms with Crippen LogP contribution in [0.2, 0.25) is 0 Å². The lowest BCUT2D eigenvalue weighted by molar-refractivity contribution is -0.112. The highest BCUT2D eigenvalue weighted by molar-refractivity contribution is 6.10. The third kappa shape index (κ3) is 5.11. The summed E-state index contributed by atoms with van der Waals surface area (Å²) in [7, 11) is 0. The molecule has 4 heteroatoms. The monoisotopic (exact) mass is 432 g/mol. The van der Waals surface area contributed by atoms with E-state index in [9.17, 15) is 10.1 Å². The average Bonchev–Trinajstić information content (AvgIpc) is 2.84. The van der Waals surface area contributed by atoms with Crippen molar-refractivity contribution in [3.05, 3.63) is 113 Å². The molecule has 0 heterocycles. The van der Waals surface area contributed by atoms with Gasteiger partial charge in [0.2, 0.25) is 0 Å². The fourth-order valence-corrected chi connectivity index (χ4v) is 3.67. The Morgan fingerprint density at radius 1 is 0.970 bits per heavy atom. The van der Waals surface area contributed by atoms with Crippen LogP contribution in [0.4, 0.5) is 5.69 Å². The number of ether oxygens (including phenoxy) is 1. The maximum atomic E-state index is 12.8. The Morgan fingerprint density at radius 3 is 2.58 bits per heavy atom. The third-order valence-corrected chi connectivity index (χ3v) is 5.49. The second kappa shape index (κ2) is 9.84. The highest BCUT2D eigenvalue weighted by atomic mass is 16.5. The zero-order valence-electron chi connectivity index (χ0n) is 18.6. The molecule has 162 valence electrons. The van der Waals surface area contributed by atoms with Gasteiger partial charge in [-0.1, -0.05) is 72.8 Å². The minimum atomic E-state index is -0.449. The van der Waals surface area contributed by atoms with Gasteiger partial charge in [-0.3, -0.25) is 4.79 Å². The van der Waals surface area contributed by atoms with E-state index in [0.29, 0.717) is 23.6 Å². The number of carbonyl (C=O) groups is 1. The van der Waals surface area contributed by atoms with Crippen LogP contribution in [0.1, 0.15) is 22.3 Å². The summed E-state index contributed by atoms with van der Waals surface area (Å²) in [5, 5.41) is 14.8. The predicted octanol–water partition coefficient (Wildman–Crippen LogP) is 6.58. The molecule has 0 bridgehead atoms. The summed E-state index contributed by atoms with van der Waals surface area (Å²) in [5.74, 6) is 0.160. The van der Waals surface area contributed by atoms with Gasteiger partial charge in [-0.15, -0.1) is 0 Å². The van der Waals surface area contributed by atoms with E-state index in [0.717, 1.165) is 27.5 Å². The Labute approximate surface area is 193 Å². The normalized spacial score (nSPS) is 11.1. The number of hydrogen-bond acceptors (Lipinski definition) is 3. The van der Waals surface area contributed by atoms with Crippen molar-refractivity contribution in [1.82, 2.24) is 0 Å². The molecule has 1 amide bonds. The van der Waals surface area contributed by atoms with Crippen molar-refractivity contribution in [2.45, 2.75) is 20.5 Å². The first-order valence-electron chi connectivity index (χ1n) is 10.7. The number of rotatable bonds is 6. The summed E-state index contributed by atoms with van der Waals surface area (Å²) < 4.78 is 6.12. The summed E-state index contributed by atoms with van der Waals surface area (Å²) in [6.07, 6.45) is 1.57. The van der Waals surface area contributed by atoms with Gasteiger partial charge < -0.3 is 10.1 Å². The summed E-state index contributed by atoms with van der Waals surface area (Å²) in [4.78, 5) is 12.8. The van der Waals surface area contributed by atoms with Gasteiger partial charge in [0.25, 0.3) is 5.91 Å². The van der Waals surface area contributed by atoms with E-state index in [1.165, 1.54) is 0 Å². The van der Waals surface area contributed by atoms with Crippen molar-refractivity contribution in [3.8, 4) is 11.8 Å². The molecule has 0 aliphatic carbocycles. The standard InChI is InChI=1S/C29H24N2O2/c1-20-14-15-21(2)27(16-20)31-29(32)25(18-30)17-23-9-4-6-13-28(23)33-19-24-11-7-10-22-8-3-5-12-26(22)24/h3-17H,19H2,1-2H3,(H,31,32)/b25-17+. The summed E-state index contributed by atoms with van der Waals surface area (Å²) >= 11 is 0. The summed E-state index contributed by atoms with van der Waals surface area (Å²) in [5.41, 5.74) is 4.42. The summed E-state index contributed by atoms with van der Waals surface area (Å²) in [6, 6.07) is 29.5. The lowest BCUT2D eigenvalue weighted by Crippen LogP contribution is -2.14. The number of nitriles is 1. The van der Waals surface area contributed by atoms with Gasteiger partial charge in [0.05, 0.1) is 0 Å². The number of hydrogen-bond donors (Lipinski definition) is 1. The van der Waals surface area contributed by atoms with Gasteiger partial charge in [0.15, 0.2) is 0 Å². The van der Waals surface area contributed by atoms with Gasteiger partial charge in [0, 0.05) is 11.3 Å². The molecule has 4 aromatic rings. The van der Waals surface area contributed by atoms with Crippen molar-refractivity contribution in [2.75, 3.05) is 5.32 Å². The number of para-hydroxylation sites is 1. The molecule has 4 nitrogen and oxygen atoms in total. The fraction of sp³-hybridized carbons (Fsp3) is 0.103. The number of carbonyl (C=O) groups excluding carboxylic acids is 1. The van der Waals surface area contributed by atoms with Crippen LogP contribution in [0.3, 0.4) is 0 Å². The minimum Gasteiger partial charge on any atom is -0.488 e. The van der Waals surface area contributed by atoms with E-state index in [2.05, 4.69) is 23.5 Å². The Kier molecular flexibility index (Phi) is 6.52. The molecular formula is C29H24N2O2. The molecule has 1 N–H and O–H groups in total. The zero-order valence-corrected chi connectivity index (χ0v) is 18.6. The molecule has 0 aliphatic heterocycles. The molecule has 0 unspecified atom stereocenters. The number of benzene rings is 4. The lowest BCUT2D eigenvalue weighted by Gasteiger charge is -2.12. The Balaban J connectivity index is 1.57. The Bertz CT molecular complexity index is 1390. The Hall–Kier alpha value is -4.36.